The second-order valence-corrected chi connectivity index (χ2v) is 10.6. The van der Waals surface area contributed by atoms with Crippen molar-refractivity contribution in [3.8, 4) is 5.69 Å². The van der Waals surface area contributed by atoms with Crippen molar-refractivity contribution in [2.45, 2.75) is 26.3 Å². The first-order chi connectivity index (χ1) is 20.4. The molecular formula is C32H33FN8O. The van der Waals surface area contributed by atoms with Crippen molar-refractivity contribution < 1.29 is 9.18 Å². The SMILES string of the molecule is C=C1C(NC(=O)CNC)=CN=C(c2ccnc(N3CCCC3)c2)N1Cc1cncc(-n2cc(C)c3cc(F)ccc32)c1. The van der Waals surface area contributed by atoms with Crippen molar-refractivity contribution in [3.63, 3.8) is 0 Å². The molecule has 5 heterocycles. The molecule has 2 aliphatic heterocycles. The van der Waals surface area contributed by atoms with Crippen molar-refractivity contribution in [1.82, 2.24) is 30.1 Å². The van der Waals surface area contributed by atoms with E-state index < -0.39 is 0 Å². The third kappa shape index (κ3) is 5.40. The van der Waals surface area contributed by atoms with Crippen LogP contribution < -0.4 is 15.5 Å². The van der Waals surface area contributed by atoms with Gasteiger partial charge in [0.25, 0.3) is 0 Å². The number of benzene rings is 1. The van der Waals surface area contributed by atoms with Crippen LogP contribution in [-0.4, -0.2) is 57.9 Å². The average molecular weight is 565 g/mol. The Balaban J connectivity index is 1.36. The maximum absolute atomic E-state index is 13.9. The van der Waals surface area contributed by atoms with Crippen molar-refractivity contribution in [2.75, 3.05) is 31.6 Å². The monoisotopic (exact) mass is 564 g/mol. The number of amidine groups is 1. The van der Waals surface area contributed by atoms with Crippen LogP contribution in [0.15, 0.2) is 90.4 Å². The molecule has 0 unspecified atom stereocenters. The van der Waals surface area contributed by atoms with Crippen molar-refractivity contribution in [3.05, 3.63) is 108 Å². The zero-order valence-corrected chi connectivity index (χ0v) is 23.8. The Morgan fingerprint density at radius 2 is 1.95 bits per heavy atom. The summed E-state index contributed by atoms with van der Waals surface area (Å²) in [5.74, 6) is 1.18. The van der Waals surface area contributed by atoms with E-state index in [4.69, 9.17) is 4.99 Å². The third-order valence-corrected chi connectivity index (χ3v) is 7.62. The fourth-order valence-electron chi connectivity index (χ4n) is 5.54. The van der Waals surface area contributed by atoms with Crippen molar-refractivity contribution >= 4 is 28.5 Å². The van der Waals surface area contributed by atoms with Crippen molar-refractivity contribution in [2.24, 2.45) is 4.99 Å². The van der Waals surface area contributed by atoms with Gasteiger partial charge in [0, 0.05) is 42.6 Å². The summed E-state index contributed by atoms with van der Waals surface area (Å²) in [5.41, 5.74) is 5.71. The van der Waals surface area contributed by atoms with Crippen LogP contribution in [0.25, 0.3) is 16.6 Å². The first-order valence-corrected chi connectivity index (χ1v) is 14.0. The zero-order chi connectivity index (χ0) is 29.2. The van der Waals surface area contributed by atoms with E-state index in [1.165, 1.54) is 6.07 Å². The Kier molecular flexibility index (Phi) is 7.54. The molecule has 10 heteroatoms. The first-order valence-electron chi connectivity index (χ1n) is 14.0. The average Bonchev–Trinajstić information content (AvgIpc) is 3.64. The van der Waals surface area contributed by atoms with Crippen LogP contribution in [0.5, 0.6) is 0 Å². The minimum absolute atomic E-state index is 0.171. The molecule has 2 N–H and O–H groups in total. The molecule has 0 aliphatic carbocycles. The van der Waals surface area contributed by atoms with E-state index in [1.54, 1.807) is 31.6 Å². The van der Waals surface area contributed by atoms with Crippen LogP contribution in [0, 0.1) is 12.7 Å². The molecule has 1 amide bonds. The topological polar surface area (TPSA) is 90.7 Å². The number of anilines is 1. The molecule has 9 nitrogen and oxygen atoms in total. The molecule has 1 saturated heterocycles. The molecule has 2 aliphatic rings. The van der Waals surface area contributed by atoms with Crippen LogP contribution in [0.3, 0.4) is 0 Å². The van der Waals surface area contributed by atoms with E-state index in [-0.39, 0.29) is 18.3 Å². The van der Waals surface area contributed by atoms with E-state index in [0.717, 1.165) is 65.0 Å². The molecule has 1 aromatic carbocycles. The van der Waals surface area contributed by atoms with Gasteiger partial charge >= 0.3 is 0 Å². The van der Waals surface area contributed by atoms with E-state index in [2.05, 4.69) is 44.2 Å². The van der Waals surface area contributed by atoms with E-state index in [0.29, 0.717) is 23.8 Å². The van der Waals surface area contributed by atoms with Gasteiger partial charge in [0.05, 0.1) is 48.1 Å². The maximum Gasteiger partial charge on any atom is 0.238 e. The predicted molar refractivity (Wildman–Crippen MR) is 163 cm³/mol. The van der Waals surface area contributed by atoms with Gasteiger partial charge in [0.15, 0.2) is 0 Å². The highest BCUT2D eigenvalue weighted by Gasteiger charge is 2.26. The molecule has 0 atom stereocenters. The normalized spacial score (nSPS) is 15.3. The lowest BCUT2D eigenvalue weighted by Crippen LogP contribution is -2.39. The van der Waals surface area contributed by atoms with Crippen molar-refractivity contribution in [1.29, 1.82) is 0 Å². The highest BCUT2D eigenvalue weighted by molar-refractivity contribution is 6.02. The number of carbonyl (C=O) groups is 1. The largest absolute Gasteiger partial charge is 0.357 e. The minimum atomic E-state index is -0.264. The van der Waals surface area contributed by atoms with Gasteiger partial charge in [-0.05, 0) is 74.3 Å². The summed E-state index contributed by atoms with van der Waals surface area (Å²) in [6, 6.07) is 10.9. The highest BCUT2D eigenvalue weighted by atomic mass is 19.1. The molecule has 3 aromatic heterocycles. The lowest BCUT2D eigenvalue weighted by molar-refractivity contribution is -0.119. The van der Waals surface area contributed by atoms with E-state index >= 15 is 0 Å². The number of nitrogens with one attached hydrogen (secondary N) is 2. The molecule has 0 spiro atoms. The molecule has 1 fully saturated rings. The van der Waals surface area contributed by atoms with Gasteiger partial charge in [0.2, 0.25) is 5.91 Å². The lowest BCUT2D eigenvalue weighted by atomic mass is 10.1. The number of likely N-dealkylation sites (N-methyl/N-ethyl adjacent to an activating group) is 1. The standard InChI is InChI=1S/C32H33FN8O/c1-21-19-41(29-7-6-25(33)14-27(21)29)26-12-23(15-35-16-26)20-40-22(2)28(38-31(42)18-34-3)17-37-32(40)24-8-9-36-30(13-24)39-10-4-5-11-39/h6-9,12-17,19,34H,2,4-5,10-11,18,20H2,1,3H3,(H,38,42). The Morgan fingerprint density at radius 3 is 2.76 bits per heavy atom. The highest BCUT2D eigenvalue weighted by Crippen LogP contribution is 2.28. The van der Waals surface area contributed by atoms with Gasteiger partial charge in [0.1, 0.15) is 17.5 Å². The summed E-state index contributed by atoms with van der Waals surface area (Å²) >= 11 is 0. The smallest absolute Gasteiger partial charge is 0.238 e. The first kappa shape index (κ1) is 27.3. The Bertz CT molecular complexity index is 1730. The summed E-state index contributed by atoms with van der Waals surface area (Å²) < 4.78 is 16.0. The molecule has 0 saturated carbocycles. The molecule has 0 bridgehead atoms. The third-order valence-electron chi connectivity index (χ3n) is 7.62. The number of amides is 1. The molecular weight excluding hydrogens is 531 g/mol. The van der Waals surface area contributed by atoms with Crippen LogP contribution >= 0.6 is 0 Å². The number of pyridine rings is 2. The number of halogens is 1. The maximum atomic E-state index is 13.9. The Morgan fingerprint density at radius 1 is 1.12 bits per heavy atom. The summed E-state index contributed by atoms with van der Waals surface area (Å²) in [4.78, 5) is 30.7. The van der Waals surface area contributed by atoms with Gasteiger partial charge in [-0.25, -0.2) is 14.4 Å². The fraction of sp³-hybridized carbons (Fsp3) is 0.250. The Labute approximate surface area is 244 Å². The summed E-state index contributed by atoms with van der Waals surface area (Å²) in [5, 5.41) is 6.65. The number of hydrogen-bond acceptors (Lipinski definition) is 7. The van der Waals surface area contributed by atoms with Crippen LogP contribution in [0.4, 0.5) is 10.2 Å². The summed E-state index contributed by atoms with van der Waals surface area (Å²) in [6.07, 6.45) is 11.4. The summed E-state index contributed by atoms with van der Waals surface area (Å²) in [7, 11) is 1.72. The van der Waals surface area contributed by atoms with Gasteiger partial charge in [-0.3, -0.25) is 9.78 Å². The van der Waals surface area contributed by atoms with Crippen LogP contribution in [0.2, 0.25) is 0 Å². The number of hydrogen-bond donors (Lipinski definition) is 2. The van der Waals surface area contributed by atoms with Crippen LogP contribution in [-0.2, 0) is 11.3 Å². The number of aliphatic imine (C=N–C) groups is 1. The molecule has 42 heavy (non-hydrogen) atoms. The second kappa shape index (κ2) is 11.6. The zero-order valence-electron chi connectivity index (χ0n) is 23.8. The fourth-order valence-corrected chi connectivity index (χ4v) is 5.54. The summed E-state index contributed by atoms with van der Waals surface area (Å²) in [6.45, 7) is 8.87. The number of aromatic nitrogens is 3. The van der Waals surface area contributed by atoms with Gasteiger partial charge in [-0.2, -0.15) is 0 Å². The predicted octanol–water partition coefficient (Wildman–Crippen LogP) is 4.42. The van der Waals surface area contributed by atoms with Gasteiger partial charge in [-0.1, -0.05) is 6.58 Å². The molecule has 0 radical (unpaired) electrons. The number of fused-ring (bicyclic) bond motifs is 1. The van der Waals surface area contributed by atoms with E-state index in [1.807, 2.05) is 41.0 Å². The second-order valence-electron chi connectivity index (χ2n) is 10.6. The Hall–Kier alpha value is -4.83. The molecule has 6 rings (SSSR count). The van der Waals surface area contributed by atoms with E-state index in [9.17, 15) is 9.18 Å². The van der Waals surface area contributed by atoms with Crippen LogP contribution in [0.1, 0.15) is 29.5 Å². The number of nitrogens with zero attached hydrogens (tertiary/aromatic N) is 6. The minimum Gasteiger partial charge on any atom is -0.357 e. The molecule has 214 valence electrons. The number of aryl methyl sites for hydroxylation is 1. The van der Waals surface area contributed by atoms with Gasteiger partial charge in [-0.15, -0.1) is 0 Å². The molecule has 4 aromatic rings. The number of rotatable bonds is 8. The quantitative estimate of drug-likeness (QED) is 0.329. The number of carbonyl (C=O) groups excluding carboxylic acids is 1. The lowest BCUT2D eigenvalue weighted by Gasteiger charge is -2.32. The van der Waals surface area contributed by atoms with Gasteiger partial charge < -0.3 is 25.0 Å².